The summed E-state index contributed by atoms with van der Waals surface area (Å²) in [6.07, 6.45) is 1.19. The Balaban J connectivity index is 1.26. The van der Waals surface area contributed by atoms with Gasteiger partial charge < -0.3 is 29.3 Å². The first-order valence-corrected chi connectivity index (χ1v) is 12.4. The highest BCUT2D eigenvalue weighted by Gasteiger charge is 2.27. The molecule has 5 rings (SSSR count). The number of fused-ring (bicyclic) bond motifs is 1. The fraction of sp³-hybridized carbons (Fsp3) is 0.310. The Morgan fingerprint density at radius 1 is 0.865 bits per heavy atom. The average Bonchev–Trinajstić information content (AvgIpc) is 2.94. The second kappa shape index (κ2) is 10.4. The number of nitrogens with zero attached hydrogens (tertiary/aromatic N) is 3. The molecule has 0 bridgehead atoms. The Kier molecular flexibility index (Phi) is 6.90. The van der Waals surface area contributed by atoms with Crippen LogP contribution < -0.4 is 19.3 Å². The molecule has 0 radical (unpaired) electrons. The molecule has 2 aliphatic heterocycles. The van der Waals surface area contributed by atoms with Crippen LogP contribution in [0.25, 0.3) is 0 Å². The van der Waals surface area contributed by atoms with Gasteiger partial charge in [0.15, 0.2) is 11.5 Å². The molecule has 0 aliphatic carbocycles. The van der Waals surface area contributed by atoms with Crippen LogP contribution >= 0.6 is 0 Å². The molecule has 37 heavy (non-hydrogen) atoms. The van der Waals surface area contributed by atoms with Crippen LogP contribution in [-0.4, -0.2) is 62.2 Å². The highest BCUT2D eigenvalue weighted by atomic mass is 16.5. The van der Waals surface area contributed by atoms with Crippen LogP contribution in [0.5, 0.6) is 17.2 Å². The summed E-state index contributed by atoms with van der Waals surface area (Å²) in [4.78, 5) is 31.8. The van der Waals surface area contributed by atoms with Crippen LogP contribution in [-0.2, 0) is 17.8 Å². The Hall–Kier alpha value is -4.20. The highest BCUT2D eigenvalue weighted by molar-refractivity contribution is 5.97. The molecule has 2 amide bonds. The van der Waals surface area contributed by atoms with Gasteiger partial charge in [0.1, 0.15) is 5.75 Å². The molecule has 0 atom stereocenters. The maximum atomic E-state index is 13.1. The van der Waals surface area contributed by atoms with Crippen molar-refractivity contribution in [3.8, 4) is 17.2 Å². The number of methoxy groups -OCH3 is 2. The number of aryl methyl sites for hydroxylation is 1. The van der Waals surface area contributed by atoms with E-state index < -0.39 is 0 Å². The van der Waals surface area contributed by atoms with Gasteiger partial charge in [-0.15, -0.1) is 0 Å². The molecule has 0 aromatic heterocycles. The Morgan fingerprint density at radius 2 is 1.59 bits per heavy atom. The highest BCUT2D eigenvalue weighted by Crippen LogP contribution is 2.33. The summed E-state index contributed by atoms with van der Waals surface area (Å²) in [5.41, 5.74) is 4.75. The number of carbonyl (C=O) groups excluding carboxylic acids is 2. The number of hydrogen-bond acceptors (Lipinski definition) is 6. The monoisotopic (exact) mass is 501 g/mol. The van der Waals surface area contributed by atoms with Crippen molar-refractivity contribution in [3.63, 3.8) is 0 Å². The number of aromatic hydroxyl groups is 1. The lowest BCUT2D eigenvalue weighted by Crippen LogP contribution is -2.48. The number of benzene rings is 3. The number of amides is 2. The molecule has 3 aromatic carbocycles. The largest absolute Gasteiger partial charge is 0.508 e. The molecule has 192 valence electrons. The maximum absolute atomic E-state index is 13.1. The summed E-state index contributed by atoms with van der Waals surface area (Å²) in [6.45, 7) is 3.18. The van der Waals surface area contributed by atoms with E-state index in [0.717, 1.165) is 35.6 Å². The minimum Gasteiger partial charge on any atom is -0.508 e. The first kappa shape index (κ1) is 24.5. The predicted octanol–water partition coefficient (Wildman–Crippen LogP) is 3.85. The number of hydrogen-bond donors (Lipinski definition) is 1. The summed E-state index contributed by atoms with van der Waals surface area (Å²) in [5.74, 6) is 1.44. The summed E-state index contributed by atoms with van der Waals surface area (Å²) in [5, 5.41) is 9.56. The molecule has 1 N–H and O–H groups in total. The quantitative estimate of drug-likeness (QED) is 0.553. The molecule has 0 saturated carbocycles. The zero-order chi connectivity index (χ0) is 25.9. The van der Waals surface area contributed by atoms with Gasteiger partial charge >= 0.3 is 0 Å². The van der Waals surface area contributed by atoms with Crippen LogP contribution in [0, 0.1) is 0 Å². The van der Waals surface area contributed by atoms with E-state index in [1.54, 1.807) is 44.6 Å². The Bertz CT molecular complexity index is 1300. The van der Waals surface area contributed by atoms with Crippen molar-refractivity contribution in [1.29, 1.82) is 0 Å². The normalized spacial score (nSPS) is 15.4. The maximum Gasteiger partial charge on any atom is 0.254 e. The van der Waals surface area contributed by atoms with Gasteiger partial charge in [-0.1, -0.05) is 12.1 Å². The smallest absolute Gasteiger partial charge is 0.254 e. The van der Waals surface area contributed by atoms with Crippen LogP contribution in [0.3, 0.4) is 0 Å². The molecule has 1 saturated heterocycles. The minimum absolute atomic E-state index is 0.0190. The van der Waals surface area contributed by atoms with E-state index in [9.17, 15) is 14.7 Å². The topological polar surface area (TPSA) is 82.6 Å². The van der Waals surface area contributed by atoms with Crippen molar-refractivity contribution in [2.45, 2.75) is 19.4 Å². The van der Waals surface area contributed by atoms with Gasteiger partial charge in [0.2, 0.25) is 5.91 Å². The number of piperazine rings is 1. The average molecular weight is 502 g/mol. The van der Waals surface area contributed by atoms with Crippen molar-refractivity contribution in [1.82, 2.24) is 4.90 Å². The predicted molar refractivity (Wildman–Crippen MR) is 142 cm³/mol. The Labute approximate surface area is 216 Å². The molecular formula is C29H31N3O5. The number of carbonyl (C=O) groups is 2. The Morgan fingerprint density at radius 3 is 2.30 bits per heavy atom. The molecule has 8 heteroatoms. The first-order valence-electron chi connectivity index (χ1n) is 12.4. The van der Waals surface area contributed by atoms with Gasteiger partial charge in [-0.05, 0) is 66.1 Å². The van der Waals surface area contributed by atoms with Crippen LogP contribution in [0.1, 0.15) is 27.9 Å². The lowest BCUT2D eigenvalue weighted by molar-refractivity contribution is -0.119. The lowest BCUT2D eigenvalue weighted by atomic mass is 9.99. The molecule has 1 fully saturated rings. The molecule has 8 nitrogen and oxygen atoms in total. The van der Waals surface area contributed by atoms with E-state index in [1.807, 2.05) is 28.0 Å². The summed E-state index contributed by atoms with van der Waals surface area (Å²) in [7, 11) is 3.14. The molecular weight excluding hydrogens is 470 g/mol. The standard InChI is InChI=1S/C29H31N3O5/c1-36-26-11-5-22(18-27(26)37-2)29(35)31-15-13-30(14-16-31)23-7-10-25-21(17-23)6-12-28(34)32(25)19-20-3-8-24(33)9-4-20/h3-5,7-11,17-18,33H,6,12-16,19H2,1-2H3. The third-order valence-electron chi connectivity index (χ3n) is 7.10. The van der Waals surface area contributed by atoms with Gasteiger partial charge in [-0.25, -0.2) is 0 Å². The molecule has 3 aromatic rings. The minimum atomic E-state index is -0.0190. The molecule has 0 unspecified atom stereocenters. The number of anilines is 2. The van der Waals surface area contributed by atoms with Crippen molar-refractivity contribution in [2.75, 3.05) is 50.2 Å². The molecule has 2 heterocycles. The fourth-order valence-electron chi connectivity index (χ4n) is 5.02. The first-order chi connectivity index (χ1) is 18.0. The van der Waals surface area contributed by atoms with E-state index >= 15 is 0 Å². The van der Waals surface area contributed by atoms with E-state index in [2.05, 4.69) is 17.0 Å². The number of phenolic OH excluding ortho intramolecular Hbond substituents is 1. The molecule has 0 spiro atoms. The molecule has 2 aliphatic rings. The number of phenols is 1. The van der Waals surface area contributed by atoms with Crippen LogP contribution in [0.4, 0.5) is 11.4 Å². The van der Waals surface area contributed by atoms with Crippen LogP contribution in [0.15, 0.2) is 60.7 Å². The van der Waals surface area contributed by atoms with Crippen molar-refractivity contribution in [2.24, 2.45) is 0 Å². The van der Waals surface area contributed by atoms with Crippen LogP contribution in [0.2, 0.25) is 0 Å². The van der Waals surface area contributed by atoms with Crippen molar-refractivity contribution in [3.05, 3.63) is 77.4 Å². The lowest BCUT2D eigenvalue weighted by Gasteiger charge is -2.37. The van der Waals surface area contributed by atoms with E-state index in [0.29, 0.717) is 49.5 Å². The number of rotatable bonds is 6. The van der Waals surface area contributed by atoms with Gasteiger partial charge in [0.05, 0.1) is 20.8 Å². The number of ether oxygens (including phenoxy) is 2. The van der Waals surface area contributed by atoms with Crippen molar-refractivity contribution < 1.29 is 24.2 Å². The van der Waals surface area contributed by atoms with Crippen molar-refractivity contribution >= 4 is 23.2 Å². The second-order valence-corrected chi connectivity index (χ2v) is 9.31. The van der Waals surface area contributed by atoms with E-state index in [-0.39, 0.29) is 17.6 Å². The second-order valence-electron chi connectivity index (χ2n) is 9.31. The SMILES string of the molecule is COc1ccc(C(=O)N2CCN(c3ccc4c(c3)CCC(=O)N4Cc3ccc(O)cc3)CC2)cc1OC. The third-order valence-corrected chi connectivity index (χ3v) is 7.10. The zero-order valence-electron chi connectivity index (χ0n) is 21.1. The van der Waals surface area contributed by atoms with Gasteiger partial charge in [0.25, 0.3) is 5.91 Å². The summed E-state index contributed by atoms with van der Waals surface area (Å²) < 4.78 is 10.6. The third kappa shape index (κ3) is 5.05. The van der Waals surface area contributed by atoms with Gasteiger partial charge in [0, 0.05) is 49.5 Å². The fourth-order valence-corrected chi connectivity index (χ4v) is 5.02. The van der Waals surface area contributed by atoms with E-state index in [4.69, 9.17) is 9.47 Å². The summed E-state index contributed by atoms with van der Waals surface area (Å²) >= 11 is 0. The van der Waals surface area contributed by atoms with Gasteiger partial charge in [-0.3, -0.25) is 9.59 Å². The summed E-state index contributed by atoms with van der Waals surface area (Å²) in [6, 6.07) is 18.5. The zero-order valence-corrected chi connectivity index (χ0v) is 21.1. The van der Waals surface area contributed by atoms with E-state index in [1.165, 1.54) is 0 Å². The van der Waals surface area contributed by atoms with Gasteiger partial charge in [-0.2, -0.15) is 0 Å².